The van der Waals surface area contributed by atoms with Gasteiger partial charge in [0.05, 0.1) is 17.4 Å². The van der Waals surface area contributed by atoms with E-state index in [0.29, 0.717) is 11.3 Å². The van der Waals surface area contributed by atoms with Gasteiger partial charge >= 0.3 is 0 Å². The van der Waals surface area contributed by atoms with Crippen molar-refractivity contribution in [3.05, 3.63) is 63.7 Å². The highest BCUT2D eigenvalue weighted by Crippen LogP contribution is 2.55. The molecule has 0 amide bonds. The minimum atomic E-state index is -0.717. The molecular formula is C20H20N2O4. The number of anilines is 1. The van der Waals surface area contributed by atoms with Gasteiger partial charge in [0, 0.05) is 30.4 Å². The van der Waals surface area contributed by atoms with Crippen LogP contribution in [0.15, 0.2) is 42.5 Å². The molecule has 2 aromatic carbocycles. The van der Waals surface area contributed by atoms with Crippen molar-refractivity contribution in [3.8, 4) is 11.5 Å². The van der Waals surface area contributed by atoms with Gasteiger partial charge in [-0.3, -0.25) is 10.1 Å². The number of fused-ring (bicyclic) bond motifs is 2. The lowest BCUT2D eigenvalue weighted by Gasteiger charge is -2.45. The standard InChI is InChI=1S/C20H20N2O4/c1-19(2)16-12-15(25-4)6-7-17(16)21(3)20(19)10-9-13-11-14(22(23)24)5-8-18(13)26-20/h5-12H,1-4H3/t20-/m1/s1. The number of hydrogen-bond acceptors (Lipinski definition) is 5. The second-order valence-corrected chi connectivity index (χ2v) is 7.18. The molecule has 0 aliphatic carbocycles. The molecule has 0 fully saturated rings. The van der Waals surface area contributed by atoms with E-state index in [1.165, 1.54) is 12.1 Å². The van der Waals surface area contributed by atoms with Crippen LogP contribution in [-0.2, 0) is 5.41 Å². The van der Waals surface area contributed by atoms with E-state index in [1.54, 1.807) is 13.2 Å². The molecule has 0 unspecified atom stereocenters. The Morgan fingerprint density at radius 1 is 1.19 bits per heavy atom. The van der Waals surface area contributed by atoms with E-state index in [9.17, 15) is 10.1 Å². The van der Waals surface area contributed by atoms with Crippen molar-refractivity contribution in [2.24, 2.45) is 0 Å². The molecule has 0 bridgehead atoms. The molecule has 6 heteroatoms. The molecule has 6 nitrogen and oxygen atoms in total. The first-order chi connectivity index (χ1) is 12.3. The number of nitrogens with zero attached hydrogens (tertiary/aromatic N) is 2. The van der Waals surface area contributed by atoms with Crippen LogP contribution in [0, 0.1) is 10.1 Å². The highest BCUT2D eigenvalue weighted by molar-refractivity contribution is 5.73. The van der Waals surface area contributed by atoms with Crippen molar-refractivity contribution >= 4 is 17.5 Å². The third-order valence-electron chi connectivity index (χ3n) is 5.59. The van der Waals surface area contributed by atoms with Crippen LogP contribution in [0.2, 0.25) is 0 Å². The third-order valence-corrected chi connectivity index (χ3v) is 5.59. The molecule has 2 aliphatic rings. The lowest BCUT2D eigenvalue weighted by Crippen LogP contribution is -2.58. The molecule has 2 heterocycles. The molecule has 0 saturated heterocycles. The summed E-state index contributed by atoms with van der Waals surface area (Å²) in [6.45, 7) is 4.27. The summed E-state index contributed by atoms with van der Waals surface area (Å²) in [6.07, 6.45) is 3.90. The lowest BCUT2D eigenvalue weighted by atomic mass is 9.76. The average molecular weight is 352 g/mol. The molecule has 26 heavy (non-hydrogen) atoms. The van der Waals surface area contributed by atoms with E-state index in [4.69, 9.17) is 9.47 Å². The Labute approximate surface area is 151 Å². The van der Waals surface area contributed by atoms with E-state index < -0.39 is 10.6 Å². The highest BCUT2D eigenvalue weighted by Gasteiger charge is 2.57. The molecule has 0 N–H and O–H groups in total. The normalized spacial score (nSPS) is 21.9. The van der Waals surface area contributed by atoms with Crippen molar-refractivity contribution < 1.29 is 14.4 Å². The van der Waals surface area contributed by atoms with Crippen LogP contribution in [0.5, 0.6) is 11.5 Å². The lowest BCUT2D eigenvalue weighted by molar-refractivity contribution is -0.384. The van der Waals surface area contributed by atoms with E-state index >= 15 is 0 Å². The number of nitro groups is 1. The van der Waals surface area contributed by atoms with Crippen LogP contribution in [-0.4, -0.2) is 24.8 Å². The van der Waals surface area contributed by atoms with E-state index in [0.717, 1.165) is 17.0 Å². The summed E-state index contributed by atoms with van der Waals surface area (Å²) in [4.78, 5) is 12.7. The minimum Gasteiger partial charge on any atom is -0.497 e. The molecule has 0 aromatic heterocycles. The number of non-ortho nitro benzene ring substituents is 1. The maximum Gasteiger partial charge on any atom is 0.270 e. The largest absolute Gasteiger partial charge is 0.497 e. The fraction of sp³-hybridized carbons (Fsp3) is 0.300. The van der Waals surface area contributed by atoms with Crippen LogP contribution in [0.3, 0.4) is 0 Å². The van der Waals surface area contributed by atoms with Gasteiger partial charge in [-0.1, -0.05) is 0 Å². The third kappa shape index (κ3) is 1.98. The molecule has 2 aliphatic heterocycles. The predicted octanol–water partition coefficient (Wildman–Crippen LogP) is 4.13. The maximum absolute atomic E-state index is 11.0. The summed E-state index contributed by atoms with van der Waals surface area (Å²) in [5.41, 5.74) is 1.90. The number of nitro benzene ring substituents is 1. The smallest absolute Gasteiger partial charge is 0.270 e. The van der Waals surface area contributed by atoms with Crippen LogP contribution >= 0.6 is 0 Å². The number of rotatable bonds is 2. The minimum absolute atomic E-state index is 0.0556. The summed E-state index contributed by atoms with van der Waals surface area (Å²) in [7, 11) is 3.66. The van der Waals surface area contributed by atoms with E-state index in [1.807, 2.05) is 37.4 Å². The van der Waals surface area contributed by atoms with Crippen LogP contribution in [0.4, 0.5) is 11.4 Å². The number of likely N-dealkylation sites (N-methyl/N-ethyl adjacent to an activating group) is 1. The maximum atomic E-state index is 11.0. The number of hydrogen-bond donors (Lipinski definition) is 0. The first kappa shape index (κ1) is 16.4. The highest BCUT2D eigenvalue weighted by atomic mass is 16.6. The summed E-state index contributed by atoms with van der Waals surface area (Å²) < 4.78 is 11.9. The van der Waals surface area contributed by atoms with Gasteiger partial charge in [0.1, 0.15) is 11.5 Å². The zero-order valence-corrected chi connectivity index (χ0v) is 15.1. The van der Waals surface area contributed by atoms with Crippen LogP contribution < -0.4 is 14.4 Å². The molecular weight excluding hydrogens is 332 g/mol. The summed E-state index contributed by atoms with van der Waals surface area (Å²) in [6, 6.07) is 10.7. The molecule has 134 valence electrons. The second kappa shape index (κ2) is 5.24. The van der Waals surface area contributed by atoms with Crippen molar-refractivity contribution in [2.75, 3.05) is 19.1 Å². The summed E-state index contributed by atoms with van der Waals surface area (Å²) >= 11 is 0. The zero-order chi connectivity index (χ0) is 18.7. The Balaban J connectivity index is 1.83. The average Bonchev–Trinajstić information content (AvgIpc) is 2.79. The van der Waals surface area contributed by atoms with Gasteiger partial charge in [-0.25, -0.2) is 0 Å². The Kier molecular flexibility index (Phi) is 3.31. The molecule has 1 atom stereocenters. The van der Waals surface area contributed by atoms with E-state index in [2.05, 4.69) is 18.7 Å². The first-order valence-electron chi connectivity index (χ1n) is 8.39. The van der Waals surface area contributed by atoms with Crippen molar-refractivity contribution in [2.45, 2.75) is 25.0 Å². The number of methoxy groups -OCH3 is 1. The number of benzene rings is 2. The second-order valence-electron chi connectivity index (χ2n) is 7.18. The van der Waals surface area contributed by atoms with Gasteiger partial charge in [-0.05, 0) is 55.8 Å². The van der Waals surface area contributed by atoms with Gasteiger partial charge < -0.3 is 14.4 Å². The zero-order valence-electron chi connectivity index (χ0n) is 15.1. The Morgan fingerprint density at radius 3 is 2.65 bits per heavy atom. The van der Waals surface area contributed by atoms with Crippen molar-refractivity contribution in [3.63, 3.8) is 0 Å². The molecule has 0 saturated carbocycles. The van der Waals surface area contributed by atoms with Crippen molar-refractivity contribution in [1.82, 2.24) is 0 Å². The molecule has 0 radical (unpaired) electrons. The summed E-state index contributed by atoms with van der Waals surface area (Å²) in [5.74, 6) is 1.44. The van der Waals surface area contributed by atoms with E-state index in [-0.39, 0.29) is 11.1 Å². The SMILES string of the molecule is COc1ccc2c(c1)C(C)(C)[C@]1(C=Cc3cc([N+](=O)[O-])ccc3O1)N2C. The fourth-order valence-electron chi connectivity index (χ4n) is 4.02. The fourth-order valence-corrected chi connectivity index (χ4v) is 4.02. The monoisotopic (exact) mass is 352 g/mol. The molecule has 1 spiro atoms. The predicted molar refractivity (Wildman–Crippen MR) is 99.9 cm³/mol. The van der Waals surface area contributed by atoms with Crippen LogP contribution in [0.1, 0.15) is 25.0 Å². The van der Waals surface area contributed by atoms with Crippen molar-refractivity contribution in [1.29, 1.82) is 0 Å². The quantitative estimate of drug-likeness (QED) is 0.600. The van der Waals surface area contributed by atoms with Gasteiger partial charge in [-0.2, -0.15) is 0 Å². The van der Waals surface area contributed by atoms with Gasteiger partial charge in [0.15, 0.2) is 0 Å². The Hall–Kier alpha value is -3.02. The van der Waals surface area contributed by atoms with Gasteiger partial charge in [0.25, 0.3) is 5.69 Å². The Morgan fingerprint density at radius 2 is 1.96 bits per heavy atom. The number of ether oxygens (including phenoxy) is 2. The summed E-state index contributed by atoms with van der Waals surface area (Å²) in [5, 5.41) is 11.0. The molecule has 4 rings (SSSR count). The first-order valence-corrected chi connectivity index (χ1v) is 8.39. The topological polar surface area (TPSA) is 64.8 Å². The molecule has 2 aromatic rings. The van der Waals surface area contributed by atoms with Gasteiger partial charge in [-0.15, -0.1) is 0 Å². The van der Waals surface area contributed by atoms with Crippen LogP contribution in [0.25, 0.3) is 6.08 Å². The van der Waals surface area contributed by atoms with Gasteiger partial charge in [0.2, 0.25) is 5.72 Å². The Bertz CT molecular complexity index is 951.